The molecule has 9 heteroatoms. The second-order valence-corrected chi connectivity index (χ2v) is 9.11. The first-order chi connectivity index (χ1) is 12.8. The molecule has 1 aromatic rings. The summed E-state index contributed by atoms with van der Waals surface area (Å²) in [5.74, 6) is -1.58. The molecule has 1 heterocycles. The highest BCUT2D eigenvalue weighted by molar-refractivity contribution is 7.89. The first kappa shape index (κ1) is 19.8. The second kappa shape index (κ2) is 7.93. The van der Waals surface area contributed by atoms with Crippen LogP contribution in [-0.2, 0) is 19.6 Å². The van der Waals surface area contributed by atoms with E-state index < -0.39 is 27.8 Å². The number of rotatable bonds is 6. The fraction of sp³-hybridized carbons (Fsp3) is 0.556. The molecule has 2 fully saturated rings. The summed E-state index contributed by atoms with van der Waals surface area (Å²) in [4.78, 5) is 24.5. The van der Waals surface area contributed by atoms with Gasteiger partial charge in [0.25, 0.3) is 0 Å². The highest BCUT2D eigenvalue weighted by Crippen LogP contribution is 2.24. The molecule has 3 rings (SSSR count). The zero-order valence-corrected chi connectivity index (χ0v) is 16.0. The standard InChI is InChI=1S/C18H24FN3O4S/c1-12(17(23)21-15-6-7-15)20-18(24)13-3-2-10-22(11-13)27(25,26)16-8-4-14(19)5-9-16/h4-5,8-9,12-13,15H,2-3,6-7,10-11H2,1H3,(H,20,24)(H,21,23)/t12-,13+/m0/s1. The summed E-state index contributed by atoms with van der Waals surface area (Å²) in [7, 11) is -3.79. The lowest BCUT2D eigenvalue weighted by Crippen LogP contribution is -2.50. The third kappa shape index (κ3) is 4.84. The van der Waals surface area contributed by atoms with Gasteiger partial charge < -0.3 is 10.6 Å². The number of hydrogen-bond donors (Lipinski definition) is 2. The monoisotopic (exact) mass is 397 g/mol. The summed E-state index contributed by atoms with van der Waals surface area (Å²) >= 11 is 0. The summed E-state index contributed by atoms with van der Waals surface area (Å²) in [6, 6.07) is 4.18. The maximum atomic E-state index is 13.1. The largest absolute Gasteiger partial charge is 0.352 e. The highest BCUT2D eigenvalue weighted by atomic mass is 32.2. The number of carbonyl (C=O) groups excluding carboxylic acids is 2. The van der Waals surface area contributed by atoms with Crippen molar-refractivity contribution in [1.29, 1.82) is 0 Å². The van der Waals surface area contributed by atoms with Gasteiger partial charge in [0.15, 0.2) is 0 Å². The van der Waals surface area contributed by atoms with Crippen LogP contribution in [0.5, 0.6) is 0 Å². The molecule has 0 bridgehead atoms. The molecular formula is C18H24FN3O4S. The lowest BCUT2D eigenvalue weighted by atomic mass is 9.98. The van der Waals surface area contributed by atoms with Crippen LogP contribution in [0.4, 0.5) is 4.39 Å². The molecule has 0 radical (unpaired) electrons. The van der Waals surface area contributed by atoms with Crippen LogP contribution in [-0.4, -0.2) is 49.7 Å². The van der Waals surface area contributed by atoms with Gasteiger partial charge in [-0.2, -0.15) is 4.31 Å². The maximum Gasteiger partial charge on any atom is 0.243 e. The Balaban J connectivity index is 1.61. The van der Waals surface area contributed by atoms with E-state index in [2.05, 4.69) is 10.6 Å². The zero-order chi connectivity index (χ0) is 19.6. The van der Waals surface area contributed by atoms with E-state index in [4.69, 9.17) is 0 Å². The van der Waals surface area contributed by atoms with Crippen LogP contribution in [0.25, 0.3) is 0 Å². The first-order valence-electron chi connectivity index (χ1n) is 9.14. The summed E-state index contributed by atoms with van der Waals surface area (Å²) in [6.45, 7) is 1.97. The Kier molecular flexibility index (Phi) is 5.81. The minimum Gasteiger partial charge on any atom is -0.352 e. The van der Waals surface area contributed by atoms with Crippen molar-refractivity contribution in [3.05, 3.63) is 30.1 Å². The van der Waals surface area contributed by atoms with Gasteiger partial charge in [-0.3, -0.25) is 9.59 Å². The van der Waals surface area contributed by atoms with Crippen LogP contribution in [0, 0.1) is 11.7 Å². The number of nitrogens with zero attached hydrogens (tertiary/aromatic N) is 1. The Hall–Kier alpha value is -2.00. The molecule has 1 saturated carbocycles. The van der Waals surface area contributed by atoms with Gasteiger partial charge in [-0.1, -0.05) is 0 Å². The summed E-state index contributed by atoms with van der Waals surface area (Å²) < 4.78 is 39.8. The van der Waals surface area contributed by atoms with Gasteiger partial charge in [0.2, 0.25) is 21.8 Å². The van der Waals surface area contributed by atoms with Crippen molar-refractivity contribution in [3.63, 3.8) is 0 Å². The molecule has 2 aliphatic rings. The van der Waals surface area contributed by atoms with E-state index in [-0.39, 0.29) is 29.3 Å². The molecule has 1 aliphatic carbocycles. The Morgan fingerprint density at radius 3 is 2.48 bits per heavy atom. The predicted octanol–water partition coefficient (Wildman–Crippen LogP) is 1.01. The van der Waals surface area contributed by atoms with Crippen LogP contribution in [0.2, 0.25) is 0 Å². The maximum absolute atomic E-state index is 13.1. The third-order valence-electron chi connectivity index (χ3n) is 4.88. The molecule has 0 spiro atoms. The van der Waals surface area contributed by atoms with Gasteiger partial charge >= 0.3 is 0 Å². The Labute approximate surface area is 158 Å². The lowest BCUT2D eigenvalue weighted by molar-refractivity contribution is -0.131. The van der Waals surface area contributed by atoms with Crippen molar-refractivity contribution >= 4 is 21.8 Å². The molecule has 1 aliphatic heterocycles. The van der Waals surface area contributed by atoms with Gasteiger partial charge in [-0.25, -0.2) is 12.8 Å². The van der Waals surface area contributed by atoms with E-state index in [1.54, 1.807) is 6.92 Å². The minimum atomic E-state index is -3.79. The van der Waals surface area contributed by atoms with Gasteiger partial charge in [-0.05, 0) is 56.9 Å². The molecule has 1 aromatic carbocycles. The van der Waals surface area contributed by atoms with Crippen LogP contribution in [0.3, 0.4) is 0 Å². The molecule has 0 aromatic heterocycles. The van der Waals surface area contributed by atoms with Crippen molar-refractivity contribution in [2.24, 2.45) is 5.92 Å². The predicted molar refractivity (Wildman–Crippen MR) is 96.7 cm³/mol. The third-order valence-corrected chi connectivity index (χ3v) is 6.76. The summed E-state index contributed by atoms with van der Waals surface area (Å²) in [5.41, 5.74) is 0. The molecule has 2 atom stereocenters. The summed E-state index contributed by atoms with van der Waals surface area (Å²) in [5, 5.41) is 5.51. The molecule has 148 valence electrons. The minimum absolute atomic E-state index is 0.00198. The van der Waals surface area contributed by atoms with E-state index in [1.807, 2.05) is 0 Å². The number of nitrogens with one attached hydrogen (secondary N) is 2. The number of amides is 2. The van der Waals surface area contributed by atoms with E-state index in [1.165, 1.54) is 16.4 Å². The van der Waals surface area contributed by atoms with Crippen LogP contribution in [0.1, 0.15) is 32.6 Å². The molecule has 27 heavy (non-hydrogen) atoms. The number of benzene rings is 1. The Morgan fingerprint density at radius 1 is 1.19 bits per heavy atom. The molecule has 7 nitrogen and oxygen atoms in total. The number of sulfonamides is 1. The average molecular weight is 397 g/mol. The number of piperidine rings is 1. The molecule has 1 saturated heterocycles. The van der Waals surface area contributed by atoms with Gasteiger partial charge in [0, 0.05) is 19.1 Å². The molecule has 0 unspecified atom stereocenters. The Morgan fingerprint density at radius 2 is 1.85 bits per heavy atom. The van der Waals surface area contributed by atoms with Gasteiger partial charge in [-0.15, -0.1) is 0 Å². The number of halogens is 1. The fourth-order valence-electron chi connectivity index (χ4n) is 3.08. The molecule has 2 amide bonds. The quantitative estimate of drug-likeness (QED) is 0.749. The topological polar surface area (TPSA) is 95.6 Å². The summed E-state index contributed by atoms with van der Waals surface area (Å²) in [6.07, 6.45) is 3.02. The van der Waals surface area contributed by atoms with E-state index >= 15 is 0 Å². The molecule has 2 N–H and O–H groups in total. The van der Waals surface area contributed by atoms with Crippen molar-refractivity contribution in [1.82, 2.24) is 14.9 Å². The zero-order valence-electron chi connectivity index (χ0n) is 15.2. The van der Waals surface area contributed by atoms with E-state index in [0.717, 1.165) is 25.0 Å². The lowest BCUT2D eigenvalue weighted by Gasteiger charge is -2.31. The van der Waals surface area contributed by atoms with Crippen molar-refractivity contribution in [2.75, 3.05) is 13.1 Å². The van der Waals surface area contributed by atoms with Crippen LogP contribution < -0.4 is 10.6 Å². The Bertz CT molecular complexity index is 808. The van der Waals surface area contributed by atoms with Crippen LogP contribution in [0.15, 0.2) is 29.2 Å². The normalized spacial score (nSPS) is 22.1. The van der Waals surface area contributed by atoms with Crippen molar-refractivity contribution in [2.45, 2.75) is 49.6 Å². The first-order valence-corrected chi connectivity index (χ1v) is 10.6. The number of carbonyl (C=O) groups is 2. The van der Waals surface area contributed by atoms with E-state index in [9.17, 15) is 22.4 Å². The highest BCUT2D eigenvalue weighted by Gasteiger charge is 2.34. The number of hydrogen-bond acceptors (Lipinski definition) is 4. The van der Waals surface area contributed by atoms with Gasteiger partial charge in [0.1, 0.15) is 11.9 Å². The van der Waals surface area contributed by atoms with Gasteiger partial charge in [0.05, 0.1) is 10.8 Å². The van der Waals surface area contributed by atoms with E-state index in [0.29, 0.717) is 19.4 Å². The second-order valence-electron chi connectivity index (χ2n) is 7.17. The SMILES string of the molecule is C[C@H](NC(=O)[C@@H]1CCCN(S(=O)(=O)c2ccc(F)cc2)C1)C(=O)NC1CC1. The van der Waals surface area contributed by atoms with Crippen molar-refractivity contribution < 1.29 is 22.4 Å². The average Bonchev–Trinajstić information content (AvgIpc) is 3.46. The smallest absolute Gasteiger partial charge is 0.243 e. The fourth-order valence-corrected chi connectivity index (χ4v) is 4.60. The van der Waals surface area contributed by atoms with Crippen LogP contribution >= 0.6 is 0 Å². The molecular weight excluding hydrogens is 373 g/mol. The van der Waals surface area contributed by atoms with Crippen molar-refractivity contribution in [3.8, 4) is 0 Å².